The fourth-order valence-electron chi connectivity index (χ4n) is 3.56. The first-order chi connectivity index (χ1) is 9.58. The molecule has 4 heteroatoms. The number of halogens is 1. The van der Waals surface area contributed by atoms with Crippen molar-refractivity contribution in [1.29, 1.82) is 0 Å². The van der Waals surface area contributed by atoms with E-state index >= 15 is 0 Å². The second kappa shape index (κ2) is 5.64. The van der Waals surface area contributed by atoms with Crippen molar-refractivity contribution in [2.24, 2.45) is 5.92 Å². The standard InChI is InChI=1S/C16H20INO2/c17-14-6-3-4-12(10-14)15(19)18-9-8-16(20)7-2-1-5-13(16)11-18/h3-4,6,10,13,20H,1-2,5,7-9,11H2. The fraction of sp³-hybridized carbons (Fsp3) is 0.562. The predicted octanol–water partition coefficient (Wildman–Crippen LogP) is 3.06. The Balaban J connectivity index is 1.74. The minimum absolute atomic E-state index is 0.108. The summed E-state index contributed by atoms with van der Waals surface area (Å²) in [6.45, 7) is 1.39. The Morgan fingerprint density at radius 1 is 1.35 bits per heavy atom. The Hall–Kier alpha value is -0.620. The van der Waals surface area contributed by atoms with Gasteiger partial charge in [-0.25, -0.2) is 0 Å². The molecule has 1 aromatic carbocycles. The largest absolute Gasteiger partial charge is 0.389 e. The Bertz CT molecular complexity index is 519. The summed E-state index contributed by atoms with van der Waals surface area (Å²) in [5.41, 5.74) is 0.248. The number of nitrogens with zero attached hydrogens (tertiary/aromatic N) is 1. The first-order valence-corrected chi connectivity index (χ1v) is 8.44. The maximum absolute atomic E-state index is 12.6. The van der Waals surface area contributed by atoms with E-state index in [9.17, 15) is 9.90 Å². The van der Waals surface area contributed by atoms with Crippen LogP contribution in [-0.4, -0.2) is 34.6 Å². The van der Waals surface area contributed by atoms with Gasteiger partial charge in [-0.15, -0.1) is 0 Å². The van der Waals surface area contributed by atoms with Gasteiger partial charge in [-0.3, -0.25) is 4.79 Å². The summed E-state index contributed by atoms with van der Waals surface area (Å²) in [4.78, 5) is 14.5. The number of carbonyl (C=O) groups excluding carboxylic acids is 1. The molecule has 0 spiro atoms. The minimum Gasteiger partial charge on any atom is -0.389 e. The molecular formula is C16H20INO2. The number of aliphatic hydroxyl groups is 1. The summed E-state index contributed by atoms with van der Waals surface area (Å²) in [6, 6.07) is 7.74. The molecule has 2 fully saturated rings. The predicted molar refractivity (Wildman–Crippen MR) is 86.6 cm³/mol. The summed E-state index contributed by atoms with van der Waals surface area (Å²) >= 11 is 2.23. The molecule has 2 atom stereocenters. The van der Waals surface area contributed by atoms with Gasteiger partial charge in [0.15, 0.2) is 0 Å². The van der Waals surface area contributed by atoms with Crippen molar-refractivity contribution in [3.05, 3.63) is 33.4 Å². The molecule has 1 saturated carbocycles. The first-order valence-electron chi connectivity index (χ1n) is 7.36. The molecule has 0 radical (unpaired) electrons. The monoisotopic (exact) mass is 385 g/mol. The van der Waals surface area contributed by atoms with Crippen molar-refractivity contribution in [3.8, 4) is 0 Å². The van der Waals surface area contributed by atoms with E-state index in [1.807, 2.05) is 29.2 Å². The lowest BCUT2D eigenvalue weighted by Crippen LogP contribution is -2.54. The minimum atomic E-state index is -0.514. The number of hydrogen-bond acceptors (Lipinski definition) is 2. The molecule has 1 amide bonds. The van der Waals surface area contributed by atoms with E-state index in [2.05, 4.69) is 22.6 Å². The Kier molecular flexibility index (Phi) is 4.04. The van der Waals surface area contributed by atoms with Gasteiger partial charge in [0.2, 0.25) is 0 Å². The molecule has 2 aliphatic rings. The summed E-state index contributed by atoms with van der Waals surface area (Å²) < 4.78 is 1.08. The molecular weight excluding hydrogens is 365 g/mol. The highest BCUT2D eigenvalue weighted by atomic mass is 127. The zero-order valence-electron chi connectivity index (χ0n) is 11.5. The summed E-state index contributed by atoms with van der Waals surface area (Å²) in [7, 11) is 0. The maximum atomic E-state index is 12.6. The summed E-state index contributed by atoms with van der Waals surface area (Å²) in [5.74, 6) is 0.368. The van der Waals surface area contributed by atoms with Crippen LogP contribution in [0.2, 0.25) is 0 Å². The first kappa shape index (κ1) is 14.3. The molecule has 108 valence electrons. The van der Waals surface area contributed by atoms with Crippen LogP contribution in [0.15, 0.2) is 24.3 Å². The Morgan fingerprint density at radius 3 is 3.00 bits per heavy atom. The molecule has 1 heterocycles. The van der Waals surface area contributed by atoms with Crippen molar-refractivity contribution in [1.82, 2.24) is 4.90 Å². The number of likely N-dealkylation sites (tertiary alicyclic amines) is 1. The second-order valence-electron chi connectivity index (χ2n) is 6.06. The lowest BCUT2D eigenvalue weighted by molar-refractivity contribution is -0.0886. The summed E-state index contributed by atoms with van der Waals surface area (Å²) in [5, 5.41) is 10.7. The van der Waals surface area contributed by atoms with Crippen LogP contribution >= 0.6 is 22.6 Å². The maximum Gasteiger partial charge on any atom is 0.253 e. The van der Waals surface area contributed by atoms with Crippen molar-refractivity contribution < 1.29 is 9.90 Å². The average molecular weight is 385 g/mol. The third kappa shape index (κ3) is 2.72. The van der Waals surface area contributed by atoms with E-state index in [1.165, 1.54) is 6.42 Å². The van der Waals surface area contributed by atoms with Crippen molar-refractivity contribution in [2.45, 2.75) is 37.7 Å². The number of amides is 1. The van der Waals surface area contributed by atoms with Gasteiger partial charge in [-0.05, 0) is 60.1 Å². The molecule has 1 aromatic rings. The number of benzene rings is 1. The van der Waals surface area contributed by atoms with Crippen LogP contribution in [0.25, 0.3) is 0 Å². The molecule has 20 heavy (non-hydrogen) atoms. The SMILES string of the molecule is O=C(c1cccc(I)c1)N1CCC2(O)CCCCC2C1. The van der Waals surface area contributed by atoms with Gasteiger partial charge in [0, 0.05) is 28.1 Å². The fourth-order valence-corrected chi connectivity index (χ4v) is 4.10. The zero-order valence-corrected chi connectivity index (χ0v) is 13.7. The van der Waals surface area contributed by atoms with Crippen LogP contribution in [0.1, 0.15) is 42.5 Å². The summed E-state index contributed by atoms with van der Waals surface area (Å²) in [6.07, 6.45) is 4.99. The van der Waals surface area contributed by atoms with Crippen molar-refractivity contribution >= 4 is 28.5 Å². The lowest BCUT2D eigenvalue weighted by atomic mass is 9.71. The van der Waals surface area contributed by atoms with Gasteiger partial charge >= 0.3 is 0 Å². The Morgan fingerprint density at radius 2 is 2.20 bits per heavy atom. The number of piperidine rings is 1. The quantitative estimate of drug-likeness (QED) is 0.755. The van der Waals surface area contributed by atoms with Gasteiger partial charge in [-0.2, -0.15) is 0 Å². The van der Waals surface area contributed by atoms with E-state index < -0.39 is 5.60 Å². The highest BCUT2D eigenvalue weighted by Crippen LogP contribution is 2.40. The third-order valence-corrected chi connectivity index (χ3v) is 5.46. The average Bonchev–Trinajstić information content (AvgIpc) is 2.45. The van der Waals surface area contributed by atoms with E-state index in [1.54, 1.807) is 0 Å². The van der Waals surface area contributed by atoms with Gasteiger partial charge in [0.25, 0.3) is 5.91 Å². The molecule has 2 unspecified atom stereocenters. The normalized spacial score (nSPS) is 29.9. The second-order valence-corrected chi connectivity index (χ2v) is 7.30. The van der Waals surface area contributed by atoms with E-state index in [4.69, 9.17) is 0 Å². The third-order valence-electron chi connectivity index (χ3n) is 4.79. The van der Waals surface area contributed by atoms with Crippen LogP contribution in [0, 0.1) is 9.49 Å². The molecule has 1 aliphatic heterocycles. The van der Waals surface area contributed by atoms with Crippen molar-refractivity contribution in [2.75, 3.05) is 13.1 Å². The number of fused-ring (bicyclic) bond motifs is 1. The van der Waals surface area contributed by atoms with Gasteiger partial charge in [-0.1, -0.05) is 18.9 Å². The van der Waals surface area contributed by atoms with Crippen LogP contribution in [0.5, 0.6) is 0 Å². The van der Waals surface area contributed by atoms with E-state index in [0.29, 0.717) is 13.1 Å². The molecule has 0 bridgehead atoms. The molecule has 3 nitrogen and oxygen atoms in total. The van der Waals surface area contributed by atoms with Crippen LogP contribution in [-0.2, 0) is 0 Å². The van der Waals surface area contributed by atoms with Gasteiger partial charge in [0.1, 0.15) is 0 Å². The van der Waals surface area contributed by atoms with Crippen LogP contribution < -0.4 is 0 Å². The molecule has 1 saturated heterocycles. The lowest BCUT2D eigenvalue weighted by Gasteiger charge is -2.47. The smallest absolute Gasteiger partial charge is 0.253 e. The highest BCUT2D eigenvalue weighted by Gasteiger charge is 2.43. The number of carbonyl (C=O) groups is 1. The van der Waals surface area contributed by atoms with Gasteiger partial charge < -0.3 is 10.0 Å². The highest BCUT2D eigenvalue weighted by molar-refractivity contribution is 14.1. The Labute approximate surface area is 133 Å². The zero-order chi connectivity index (χ0) is 14.2. The topological polar surface area (TPSA) is 40.5 Å². The molecule has 1 aliphatic carbocycles. The van der Waals surface area contributed by atoms with Crippen LogP contribution in [0.4, 0.5) is 0 Å². The van der Waals surface area contributed by atoms with E-state index in [-0.39, 0.29) is 11.8 Å². The number of rotatable bonds is 1. The van der Waals surface area contributed by atoms with Gasteiger partial charge in [0.05, 0.1) is 5.60 Å². The molecule has 0 aromatic heterocycles. The molecule has 3 rings (SSSR count). The number of hydrogen-bond donors (Lipinski definition) is 1. The van der Waals surface area contributed by atoms with Crippen LogP contribution in [0.3, 0.4) is 0 Å². The molecule has 1 N–H and O–H groups in total. The van der Waals surface area contributed by atoms with E-state index in [0.717, 1.165) is 34.8 Å². The van der Waals surface area contributed by atoms with Crippen molar-refractivity contribution in [3.63, 3.8) is 0 Å².